The number of halogens is 3. The zero-order chi connectivity index (χ0) is 19.1. The van der Waals surface area contributed by atoms with E-state index in [9.17, 15) is 18.0 Å². The van der Waals surface area contributed by atoms with Gasteiger partial charge < -0.3 is 16.0 Å². The highest BCUT2D eigenvalue weighted by Gasteiger charge is 2.15. The molecule has 2 rings (SSSR count). The Morgan fingerprint density at radius 3 is 2.35 bits per heavy atom. The summed E-state index contributed by atoms with van der Waals surface area (Å²) in [5.74, 6) is -4.66. The quantitative estimate of drug-likeness (QED) is 0.434. The van der Waals surface area contributed by atoms with Crippen LogP contribution in [0.25, 0.3) is 0 Å². The van der Waals surface area contributed by atoms with Crippen LogP contribution < -0.4 is 16.0 Å². The molecular weight excluding hydrogens is 345 g/mol. The molecule has 8 heteroatoms. The molecule has 0 bridgehead atoms. The molecule has 0 spiro atoms. The second-order valence-electron chi connectivity index (χ2n) is 5.54. The molecule has 0 aromatic heterocycles. The lowest BCUT2D eigenvalue weighted by Gasteiger charge is -2.12. The average molecular weight is 364 g/mol. The van der Waals surface area contributed by atoms with E-state index in [0.717, 1.165) is 23.3 Å². The maximum Gasteiger partial charge on any atom is 0.243 e. The lowest BCUT2D eigenvalue weighted by molar-refractivity contribution is -0.115. The van der Waals surface area contributed by atoms with E-state index in [0.29, 0.717) is 12.5 Å². The van der Waals surface area contributed by atoms with Crippen molar-refractivity contribution in [3.05, 3.63) is 65.0 Å². The Bertz CT molecular complexity index is 807. The van der Waals surface area contributed by atoms with Gasteiger partial charge in [-0.05, 0) is 24.6 Å². The summed E-state index contributed by atoms with van der Waals surface area (Å²) in [6, 6.07) is 9.59. The van der Waals surface area contributed by atoms with Crippen molar-refractivity contribution in [2.24, 2.45) is 4.99 Å². The number of nitrogens with one attached hydrogen (secondary N) is 3. The van der Waals surface area contributed by atoms with E-state index in [1.54, 1.807) is 0 Å². The van der Waals surface area contributed by atoms with Gasteiger partial charge in [-0.2, -0.15) is 0 Å². The van der Waals surface area contributed by atoms with Crippen LogP contribution >= 0.6 is 0 Å². The van der Waals surface area contributed by atoms with E-state index in [1.807, 2.05) is 31.2 Å². The van der Waals surface area contributed by atoms with Crippen LogP contribution in [0.4, 0.5) is 18.9 Å². The Kier molecular flexibility index (Phi) is 6.60. The first-order valence-corrected chi connectivity index (χ1v) is 7.84. The molecule has 0 aliphatic carbocycles. The summed E-state index contributed by atoms with van der Waals surface area (Å²) in [6.07, 6.45) is 0. The molecule has 0 aliphatic rings. The zero-order valence-corrected chi connectivity index (χ0v) is 14.4. The largest absolute Gasteiger partial charge is 0.352 e. The number of aryl methyl sites for hydroxylation is 1. The smallest absolute Gasteiger partial charge is 0.243 e. The summed E-state index contributed by atoms with van der Waals surface area (Å²) in [5, 5.41) is 7.95. The van der Waals surface area contributed by atoms with E-state index in [2.05, 4.69) is 20.9 Å². The topological polar surface area (TPSA) is 65.5 Å². The minimum absolute atomic E-state index is 0.230. The molecular formula is C18H19F3N4O. The number of aliphatic imine (C=N–C) groups is 1. The highest BCUT2D eigenvalue weighted by molar-refractivity contribution is 5.95. The minimum atomic E-state index is -1.63. The molecule has 0 saturated carbocycles. The summed E-state index contributed by atoms with van der Waals surface area (Å²) >= 11 is 0. The van der Waals surface area contributed by atoms with Gasteiger partial charge in [0.1, 0.15) is 0 Å². The van der Waals surface area contributed by atoms with Crippen LogP contribution in [0, 0.1) is 24.4 Å². The van der Waals surface area contributed by atoms with Crippen LogP contribution in [0.2, 0.25) is 0 Å². The Hall–Kier alpha value is -3.03. The molecule has 0 fully saturated rings. The van der Waals surface area contributed by atoms with Gasteiger partial charge in [0.25, 0.3) is 0 Å². The van der Waals surface area contributed by atoms with Crippen LogP contribution in [0.5, 0.6) is 0 Å². The third-order valence-corrected chi connectivity index (χ3v) is 3.53. The molecule has 5 nitrogen and oxygen atoms in total. The number of anilines is 1. The van der Waals surface area contributed by atoms with Gasteiger partial charge in [-0.25, -0.2) is 13.2 Å². The molecule has 0 unspecified atom stereocenters. The average Bonchev–Trinajstić information content (AvgIpc) is 2.64. The molecule has 0 atom stereocenters. The van der Waals surface area contributed by atoms with Gasteiger partial charge in [0.05, 0.1) is 12.2 Å². The molecule has 0 radical (unpaired) electrons. The summed E-state index contributed by atoms with van der Waals surface area (Å²) < 4.78 is 39.6. The first kappa shape index (κ1) is 19.3. The van der Waals surface area contributed by atoms with Crippen molar-refractivity contribution >= 4 is 17.6 Å². The summed E-state index contributed by atoms with van der Waals surface area (Å²) in [6.45, 7) is 2.26. The fourth-order valence-corrected chi connectivity index (χ4v) is 2.09. The van der Waals surface area contributed by atoms with Gasteiger partial charge in [0.2, 0.25) is 5.91 Å². The van der Waals surface area contributed by atoms with E-state index in [1.165, 1.54) is 7.05 Å². The van der Waals surface area contributed by atoms with Crippen LogP contribution in [0.15, 0.2) is 41.4 Å². The zero-order valence-electron chi connectivity index (χ0n) is 14.4. The fraction of sp³-hybridized carbons (Fsp3) is 0.222. The number of rotatable bonds is 5. The summed E-state index contributed by atoms with van der Waals surface area (Å²) in [7, 11) is 1.54. The van der Waals surface area contributed by atoms with Crippen molar-refractivity contribution in [3.63, 3.8) is 0 Å². The van der Waals surface area contributed by atoms with Gasteiger partial charge in [0, 0.05) is 13.6 Å². The first-order valence-electron chi connectivity index (χ1n) is 7.84. The van der Waals surface area contributed by atoms with Gasteiger partial charge in [0.15, 0.2) is 23.4 Å². The Morgan fingerprint density at radius 2 is 1.69 bits per heavy atom. The molecule has 26 heavy (non-hydrogen) atoms. The standard InChI is InChI=1S/C18H19F3N4O/c1-11-3-5-12(6-4-11)9-23-18(22-2)24-10-15(26)25-14-8-7-13(19)16(20)17(14)21/h3-8H,9-10H2,1-2H3,(H,25,26)(H2,22,23,24). The van der Waals surface area contributed by atoms with Gasteiger partial charge in [-0.15, -0.1) is 0 Å². The van der Waals surface area contributed by atoms with Crippen molar-refractivity contribution in [1.82, 2.24) is 10.6 Å². The van der Waals surface area contributed by atoms with Gasteiger partial charge in [-0.1, -0.05) is 29.8 Å². The lowest BCUT2D eigenvalue weighted by Crippen LogP contribution is -2.41. The Balaban J connectivity index is 1.85. The molecule has 138 valence electrons. The normalized spacial score (nSPS) is 11.2. The summed E-state index contributed by atoms with van der Waals surface area (Å²) in [5.41, 5.74) is 1.75. The van der Waals surface area contributed by atoms with E-state index < -0.39 is 29.0 Å². The second-order valence-corrected chi connectivity index (χ2v) is 5.54. The minimum Gasteiger partial charge on any atom is -0.352 e. The third kappa shape index (κ3) is 5.23. The predicted molar refractivity (Wildman–Crippen MR) is 94.3 cm³/mol. The van der Waals surface area contributed by atoms with Crippen molar-refractivity contribution in [2.45, 2.75) is 13.5 Å². The molecule has 1 amide bonds. The molecule has 2 aromatic carbocycles. The molecule has 3 N–H and O–H groups in total. The summed E-state index contributed by atoms with van der Waals surface area (Å²) in [4.78, 5) is 15.8. The van der Waals surface area contributed by atoms with E-state index >= 15 is 0 Å². The third-order valence-electron chi connectivity index (χ3n) is 3.53. The molecule has 0 heterocycles. The monoisotopic (exact) mass is 364 g/mol. The number of guanidine groups is 1. The van der Waals surface area contributed by atoms with Crippen LogP contribution in [0.1, 0.15) is 11.1 Å². The Labute approximate surface area is 149 Å². The number of amides is 1. The van der Waals surface area contributed by atoms with Crippen molar-refractivity contribution in [2.75, 3.05) is 18.9 Å². The molecule has 2 aromatic rings. The fourth-order valence-electron chi connectivity index (χ4n) is 2.09. The number of hydrogen-bond acceptors (Lipinski definition) is 2. The number of benzene rings is 2. The SMILES string of the molecule is CN=C(NCC(=O)Nc1ccc(F)c(F)c1F)NCc1ccc(C)cc1. The Morgan fingerprint density at radius 1 is 1.00 bits per heavy atom. The number of hydrogen-bond donors (Lipinski definition) is 3. The van der Waals surface area contributed by atoms with Crippen molar-refractivity contribution < 1.29 is 18.0 Å². The number of nitrogens with zero attached hydrogens (tertiary/aromatic N) is 1. The van der Waals surface area contributed by atoms with Crippen LogP contribution in [-0.4, -0.2) is 25.5 Å². The van der Waals surface area contributed by atoms with E-state index in [4.69, 9.17) is 0 Å². The van der Waals surface area contributed by atoms with Crippen LogP contribution in [0.3, 0.4) is 0 Å². The maximum atomic E-state index is 13.5. The maximum absolute atomic E-state index is 13.5. The second kappa shape index (κ2) is 8.89. The molecule has 0 aliphatic heterocycles. The lowest BCUT2D eigenvalue weighted by atomic mass is 10.1. The predicted octanol–water partition coefficient (Wildman–Crippen LogP) is 2.72. The van der Waals surface area contributed by atoms with Gasteiger partial charge in [-0.3, -0.25) is 9.79 Å². The number of carbonyl (C=O) groups excluding carboxylic acids is 1. The van der Waals surface area contributed by atoms with Gasteiger partial charge >= 0.3 is 0 Å². The van der Waals surface area contributed by atoms with Crippen molar-refractivity contribution in [3.8, 4) is 0 Å². The number of carbonyl (C=O) groups is 1. The molecule has 0 saturated heterocycles. The van der Waals surface area contributed by atoms with E-state index in [-0.39, 0.29) is 6.54 Å². The highest BCUT2D eigenvalue weighted by Crippen LogP contribution is 2.19. The van der Waals surface area contributed by atoms with Crippen molar-refractivity contribution in [1.29, 1.82) is 0 Å². The van der Waals surface area contributed by atoms with Crippen LogP contribution in [-0.2, 0) is 11.3 Å². The first-order chi connectivity index (χ1) is 12.4. The highest BCUT2D eigenvalue weighted by atomic mass is 19.2.